The fourth-order valence-electron chi connectivity index (χ4n) is 3.50. The van der Waals surface area contributed by atoms with Crippen LogP contribution < -0.4 is 14.8 Å². The topological polar surface area (TPSA) is 107 Å². The number of nitrogens with one attached hydrogen (secondary N) is 1. The minimum Gasteiger partial charge on any atom is -0.493 e. The van der Waals surface area contributed by atoms with Crippen molar-refractivity contribution in [2.24, 2.45) is 0 Å². The fraction of sp³-hybridized carbons (Fsp3) is 0.286. The van der Waals surface area contributed by atoms with Gasteiger partial charge in [-0.1, -0.05) is 5.16 Å². The van der Waals surface area contributed by atoms with Crippen molar-refractivity contribution < 1.29 is 32.7 Å². The number of benzene rings is 2. The maximum atomic E-state index is 12.5. The molecule has 1 aliphatic rings. The standard InChI is InChI=1S/C21H19F2N3O5/c1-29-17-10-12(3-6-16(17)30-21(22)23)20-25-19(26-31-20)11-2-5-15-13(8-11)9-14(24-15)4-7-18(27)28/h2-3,5-6,8,10,14,21,24H,4,7,9H2,1H3,(H,27,28)/t14-/m1/s1. The van der Waals surface area contributed by atoms with Gasteiger partial charge in [0.05, 0.1) is 7.11 Å². The van der Waals surface area contributed by atoms with E-state index in [4.69, 9.17) is 14.4 Å². The second-order valence-electron chi connectivity index (χ2n) is 7.02. The molecule has 0 unspecified atom stereocenters. The van der Waals surface area contributed by atoms with Gasteiger partial charge >= 0.3 is 12.6 Å². The molecule has 0 saturated carbocycles. The van der Waals surface area contributed by atoms with E-state index in [1.807, 2.05) is 18.2 Å². The number of carbonyl (C=O) groups is 1. The molecule has 0 radical (unpaired) electrons. The average Bonchev–Trinajstić information content (AvgIpc) is 3.38. The van der Waals surface area contributed by atoms with Gasteiger partial charge in [0.25, 0.3) is 5.89 Å². The summed E-state index contributed by atoms with van der Waals surface area (Å²) < 4.78 is 39.9. The molecule has 3 aromatic rings. The molecule has 162 valence electrons. The van der Waals surface area contributed by atoms with Crippen LogP contribution in [0.25, 0.3) is 22.8 Å². The van der Waals surface area contributed by atoms with Gasteiger partial charge in [0.15, 0.2) is 11.5 Å². The molecule has 1 aliphatic heterocycles. The van der Waals surface area contributed by atoms with Crippen molar-refractivity contribution in [1.82, 2.24) is 10.1 Å². The lowest BCUT2D eigenvalue weighted by Gasteiger charge is -2.10. The normalized spacial score (nSPS) is 14.9. The first kappa shape index (κ1) is 20.6. The lowest BCUT2D eigenvalue weighted by atomic mass is 10.0. The highest BCUT2D eigenvalue weighted by Gasteiger charge is 2.22. The molecule has 1 aromatic heterocycles. The highest BCUT2D eigenvalue weighted by atomic mass is 19.3. The summed E-state index contributed by atoms with van der Waals surface area (Å²) in [5.41, 5.74) is 3.25. The van der Waals surface area contributed by atoms with Crippen molar-refractivity contribution >= 4 is 11.7 Å². The van der Waals surface area contributed by atoms with Crippen molar-refractivity contribution in [3.05, 3.63) is 42.0 Å². The largest absolute Gasteiger partial charge is 0.493 e. The van der Waals surface area contributed by atoms with Gasteiger partial charge in [-0.2, -0.15) is 13.8 Å². The first-order valence-electron chi connectivity index (χ1n) is 9.51. The van der Waals surface area contributed by atoms with Gasteiger partial charge in [-0.25, -0.2) is 0 Å². The van der Waals surface area contributed by atoms with Gasteiger partial charge in [-0.15, -0.1) is 0 Å². The Bertz CT molecular complexity index is 1100. The SMILES string of the molecule is COc1cc(-c2nc(-c3ccc4c(c3)C[C@@H](CCC(=O)O)N4)no2)ccc1OC(F)F. The molecule has 2 heterocycles. The molecular formula is C21H19F2N3O5. The molecule has 0 amide bonds. The van der Waals surface area contributed by atoms with E-state index in [9.17, 15) is 13.6 Å². The first-order chi connectivity index (χ1) is 14.9. The van der Waals surface area contributed by atoms with E-state index in [2.05, 4.69) is 20.2 Å². The number of fused-ring (bicyclic) bond motifs is 1. The molecular weight excluding hydrogens is 412 g/mol. The van der Waals surface area contributed by atoms with Crippen LogP contribution in [-0.4, -0.2) is 41.0 Å². The van der Waals surface area contributed by atoms with E-state index >= 15 is 0 Å². The maximum absolute atomic E-state index is 12.5. The highest BCUT2D eigenvalue weighted by molar-refractivity contribution is 5.69. The van der Waals surface area contributed by atoms with E-state index in [0.29, 0.717) is 24.2 Å². The predicted molar refractivity (Wildman–Crippen MR) is 106 cm³/mol. The molecule has 4 rings (SSSR count). The Morgan fingerprint density at radius 1 is 1.26 bits per heavy atom. The number of anilines is 1. The van der Waals surface area contributed by atoms with E-state index in [-0.39, 0.29) is 29.9 Å². The molecule has 0 spiro atoms. The summed E-state index contributed by atoms with van der Waals surface area (Å²) in [4.78, 5) is 15.2. The molecule has 2 N–H and O–H groups in total. The minimum absolute atomic E-state index is 0.0728. The Balaban J connectivity index is 1.53. The second-order valence-corrected chi connectivity index (χ2v) is 7.02. The van der Waals surface area contributed by atoms with Gasteiger partial charge in [0, 0.05) is 29.3 Å². The molecule has 0 aliphatic carbocycles. The number of nitrogens with zero attached hydrogens (tertiary/aromatic N) is 2. The number of methoxy groups -OCH3 is 1. The lowest BCUT2D eigenvalue weighted by Crippen LogP contribution is -2.16. The van der Waals surface area contributed by atoms with Crippen molar-refractivity contribution in [2.45, 2.75) is 31.9 Å². The zero-order valence-electron chi connectivity index (χ0n) is 16.5. The molecule has 0 saturated heterocycles. The Morgan fingerprint density at radius 2 is 2.06 bits per heavy atom. The van der Waals surface area contributed by atoms with Crippen LogP contribution in [-0.2, 0) is 11.2 Å². The maximum Gasteiger partial charge on any atom is 0.387 e. The van der Waals surface area contributed by atoms with E-state index in [1.165, 1.54) is 25.3 Å². The quantitative estimate of drug-likeness (QED) is 0.546. The average molecular weight is 431 g/mol. The summed E-state index contributed by atoms with van der Waals surface area (Å²) in [5.74, 6) is -0.213. The molecule has 1 atom stereocenters. The van der Waals surface area contributed by atoms with Crippen molar-refractivity contribution in [3.8, 4) is 34.3 Å². The summed E-state index contributed by atoms with van der Waals surface area (Å²) in [6.45, 7) is -2.97. The molecule has 0 fully saturated rings. The van der Waals surface area contributed by atoms with Gasteiger partial charge < -0.3 is 24.4 Å². The molecule has 10 heteroatoms. The van der Waals surface area contributed by atoms with E-state index in [0.717, 1.165) is 16.8 Å². The number of hydrogen-bond acceptors (Lipinski definition) is 7. The van der Waals surface area contributed by atoms with Crippen LogP contribution in [0.3, 0.4) is 0 Å². The van der Waals surface area contributed by atoms with Crippen molar-refractivity contribution in [2.75, 3.05) is 12.4 Å². The second kappa shape index (κ2) is 8.58. The third kappa shape index (κ3) is 4.57. The van der Waals surface area contributed by atoms with Crippen LogP contribution in [0.5, 0.6) is 11.5 Å². The van der Waals surface area contributed by atoms with Crippen molar-refractivity contribution in [1.29, 1.82) is 0 Å². The molecule has 0 bridgehead atoms. The summed E-state index contributed by atoms with van der Waals surface area (Å²) in [6, 6.07) is 10.1. The number of carboxylic acids is 1. The third-order valence-electron chi connectivity index (χ3n) is 4.95. The molecule has 8 nitrogen and oxygen atoms in total. The van der Waals surface area contributed by atoms with Gasteiger partial charge in [0.1, 0.15) is 0 Å². The fourth-order valence-corrected chi connectivity index (χ4v) is 3.50. The predicted octanol–water partition coefficient (Wildman–Crippen LogP) is 4.22. The number of hydrogen-bond donors (Lipinski definition) is 2. The monoisotopic (exact) mass is 431 g/mol. The number of aliphatic carboxylic acids is 1. The Kier molecular flexibility index (Phi) is 5.70. The summed E-state index contributed by atoms with van der Waals surface area (Å²) in [5, 5.41) is 16.2. The number of ether oxygens (including phenoxy) is 2. The van der Waals surface area contributed by atoms with Crippen LogP contribution in [0.4, 0.5) is 14.5 Å². The minimum atomic E-state index is -2.97. The summed E-state index contributed by atoms with van der Waals surface area (Å²) in [7, 11) is 1.35. The van der Waals surface area contributed by atoms with Crippen LogP contribution in [0.15, 0.2) is 40.9 Å². The molecule has 31 heavy (non-hydrogen) atoms. The number of rotatable bonds is 8. The summed E-state index contributed by atoms with van der Waals surface area (Å²) >= 11 is 0. The smallest absolute Gasteiger partial charge is 0.387 e. The van der Waals surface area contributed by atoms with E-state index in [1.54, 1.807) is 0 Å². The van der Waals surface area contributed by atoms with Crippen LogP contribution in [0, 0.1) is 0 Å². The Morgan fingerprint density at radius 3 is 2.81 bits per heavy atom. The Labute approximate surface area is 175 Å². The van der Waals surface area contributed by atoms with Crippen LogP contribution in [0.2, 0.25) is 0 Å². The zero-order chi connectivity index (χ0) is 22.0. The number of halogens is 2. The highest BCUT2D eigenvalue weighted by Crippen LogP contribution is 2.35. The van der Waals surface area contributed by atoms with Crippen LogP contribution >= 0.6 is 0 Å². The third-order valence-corrected chi connectivity index (χ3v) is 4.95. The zero-order valence-corrected chi connectivity index (χ0v) is 16.5. The van der Waals surface area contributed by atoms with Crippen molar-refractivity contribution in [3.63, 3.8) is 0 Å². The van der Waals surface area contributed by atoms with Gasteiger partial charge in [0.2, 0.25) is 5.82 Å². The Hall–Kier alpha value is -3.69. The first-order valence-corrected chi connectivity index (χ1v) is 9.51. The number of alkyl halides is 2. The van der Waals surface area contributed by atoms with Gasteiger partial charge in [-0.3, -0.25) is 4.79 Å². The summed E-state index contributed by atoms with van der Waals surface area (Å²) in [6.07, 6.45) is 1.36. The number of carboxylic acid groups (broad SMARTS) is 1. The number of aromatic nitrogens is 2. The van der Waals surface area contributed by atoms with Gasteiger partial charge in [-0.05, 0) is 54.8 Å². The molecule has 2 aromatic carbocycles. The van der Waals surface area contributed by atoms with E-state index < -0.39 is 12.6 Å². The lowest BCUT2D eigenvalue weighted by molar-refractivity contribution is -0.137. The van der Waals surface area contributed by atoms with Crippen LogP contribution in [0.1, 0.15) is 18.4 Å².